The monoisotopic (exact) mass is 284 g/mol. The number of rotatable bonds is 4. The lowest BCUT2D eigenvalue weighted by Crippen LogP contribution is -2.50. The van der Waals surface area contributed by atoms with E-state index in [-0.39, 0.29) is 5.75 Å². The molecule has 1 heterocycles. The molecular formula is C14H24N2O2S. The number of hydrogen-bond donors (Lipinski definition) is 0. The SMILES string of the molecule is CCS(=O)(=O)N1CCN(C[C@H]2C[C@@H]3C=C[C@H]2C3)CC1. The average Bonchev–Trinajstić information content (AvgIpc) is 3.02. The maximum absolute atomic E-state index is 11.8. The molecule has 2 bridgehead atoms. The van der Waals surface area contributed by atoms with Crippen molar-refractivity contribution in [2.24, 2.45) is 17.8 Å². The zero-order valence-electron chi connectivity index (χ0n) is 11.7. The summed E-state index contributed by atoms with van der Waals surface area (Å²) >= 11 is 0. The molecule has 2 fully saturated rings. The first-order chi connectivity index (χ1) is 9.08. The summed E-state index contributed by atoms with van der Waals surface area (Å²) in [6, 6.07) is 0. The van der Waals surface area contributed by atoms with Crippen LogP contribution in [-0.2, 0) is 10.0 Å². The lowest BCUT2D eigenvalue weighted by atomic mass is 9.93. The number of nitrogens with zero attached hydrogens (tertiary/aromatic N) is 2. The molecule has 0 aromatic rings. The van der Waals surface area contributed by atoms with E-state index in [4.69, 9.17) is 0 Å². The lowest BCUT2D eigenvalue weighted by molar-refractivity contribution is 0.156. The van der Waals surface area contributed by atoms with Crippen LogP contribution in [0, 0.1) is 17.8 Å². The third-order valence-electron chi connectivity index (χ3n) is 5.00. The molecule has 0 unspecified atom stereocenters. The Bertz CT molecular complexity index is 452. The minimum absolute atomic E-state index is 0.226. The van der Waals surface area contributed by atoms with Gasteiger partial charge in [0.1, 0.15) is 0 Å². The average molecular weight is 284 g/mol. The second kappa shape index (κ2) is 5.19. The van der Waals surface area contributed by atoms with Gasteiger partial charge in [-0.15, -0.1) is 0 Å². The normalized spacial score (nSPS) is 36.2. The van der Waals surface area contributed by atoms with Crippen LogP contribution >= 0.6 is 0 Å². The first kappa shape index (κ1) is 13.6. The Morgan fingerprint density at radius 2 is 1.84 bits per heavy atom. The molecule has 0 spiro atoms. The van der Waals surface area contributed by atoms with Crippen LogP contribution in [0.15, 0.2) is 12.2 Å². The van der Waals surface area contributed by atoms with Crippen molar-refractivity contribution in [1.29, 1.82) is 0 Å². The highest BCUT2D eigenvalue weighted by atomic mass is 32.2. The van der Waals surface area contributed by atoms with Gasteiger partial charge in [0.25, 0.3) is 0 Å². The van der Waals surface area contributed by atoms with Gasteiger partial charge in [0.05, 0.1) is 5.75 Å². The molecule has 3 aliphatic rings. The van der Waals surface area contributed by atoms with Gasteiger partial charge in [-0.2, -0.15) is 4.31 Å². The minimum atomic E-state index is -2.98. The fraction of sp³-hybridized carbons (Fsp3) is 0.857. The molecule has 108 valence electrons. The van der Waals surface area contributed by atoms with Crippen LogP contribution < -0.4 is 0 Å². The van der Waals surface area contributed by atoms with Gasteiger partial charge in [-0.1, -0.05) is 12.2 Å². The minimum Gasteiger partial charge on any atom is -0.300 e. The van der Waals surface area contributed by atoms with Crippen LogP contribution in [0.25, 0.3) is 0 Å². The number of piperazine rings is 1. The van der Waals surface area contributed by atoms with E-state index in [1.807, 2.05) is 0 Å². The fourth-order valence-corrected chi connectivity index (χ4v) is 4.89. The van der Waals surface area contributed by atoms with E-state index in [0.29, 0.717) is 13.1 Å². The van der Waals surface area contributed by atoms with E-state index >= 15 is 0 Å². The van der Waals surface area contributed by atoms with Crippen LogP contribution in [0.1, 0.15) is 19.8 Å². The van der Waals surface area contributed by atoms with Gasteiger partial charge in [0.2, 0.25) is 10.0 Å². The molecule has 1 saturated carbocycles. The number of allylic oxidation sites excluding steroid dienone is 2. The fourth-order valence-electron chi connectivity index (χ4n) is 3.81. The largest absolute Gasteiger partial charge is 0.300 e. The molecule has 3 rings (SSSR count). The summed E-state index contributed by atoms with van der Waals surface area (Å²) in [6.45, 7) is 6.03. The van der Waals surface area contributed by atoms with Crippen molar-refractivity contribution >= 4 is 10.0 Å². The van der Waals surface area contributed by atoms with Gasteiger partial charge >= 0.3 is 0 Å². The maximum atomic E-state index is 11.8. The Kier molecular flexibility index (Phi) is 3.71. The van der Waals surface area contributed by atoms with Crippen molar-refractivity contribution in [3.05, 3.63) is 12.2 Å². The van der Waals surface area contributed by atoms with E-state index in [1.165, 1.54) is 12.8 Å². The number of hydrogen-bond acceptors (Lipinski definition) is 3. The third kappa shape index (κ3) is 2.73. The standard InChI is InChI=1S/C14H24N2O2S/c1-2-19(17,18)16-7-5-15(6-8-16)11-14-10-12-3-4-13(14)9-12/h3-4,12-14H,2,5-11H2,1H3/t12-,13+,14-/m1/s1. The predicted molar refractivity (Wildman–Crippen MR) is 76.3 cm³/mol. The molecule has 5 heteroatoms. The van der Waals surface area contributed by atoms with E-state index < -0.39 is 10.0 Å². The Morgan fingerprint density at radius 1 is 1.11 bits per heavy atom. The van der Waals surface area contributed by atoms with Gasteiger partial charge in [-0.05, 0) is 37.5 Å². The van der Waals surface area contributed by atoms with E-state index in [2.05, 4.69) is 17.1 Å². The van der Waals surface area contributed by atoms with Gasteiger partial charge < -0.3 is 4.90 Å². The first-order valence-electron chi connectivity index (χ1n) is 7.47. The Morgan fingerprint density at radius 3 is 2.37 bits per heavy atom. The maximum Gasteiger partial charge on any atom is 0.213 e. The second-order valence-electron chi connectivity index (χ2n) is 6.14. The smallest absolute Gasteiger partial charge is 0.213 e. The van der Waals surface area contributed by atoms with Gasteiger partial charge in [-0.3, -0.25) is 0 Å². The zero-order chi connectivity index (χ0) is 13.5. The highest BCUT2D eigenvalue weighted by Gasteiger charge is 2.37. The summed E-state index contributed by atoms with van der Waals surface area (Å²) in [5.74, 6) is 2.66. The topological polar surface area (TPSA) is 40.6 Å². The van der Waals surface area contributed by atoms with Crippen molar-refractivity contribution in [2.45, 2.75) is 19.8 Å². The van der Waals surface area contributed by atoms with Crippen LogP contribution in [0.4, 0.5) is 0 Å². The van der Waals surface area contributed by atoms with Gasteiger partial charge in [0, 0.05) is 32.7 Å². The molecule has 0 radical (unpaired) electrons. The molecule has 2 aliphatic carbocycles. The summed E-state index contributed by atoms with van der Waals surface area (Å²) in [4.78, 5) is 2.46. The molecule has 1 saturated heterocycles. The molecule has 0 N–H and O–H groups in total. The van der Waals surface area contributed by atoms with Crippen LogP contribution in [0.5, 0.6) is 0 Å². The van der Waals surface area contributed by atoms with Crippen LogP contribution in [0.3, 0.4) is 0 Å². The predicted octanol–water partition coefficient (Wildman–Crippen LogP) is 1.17. The van der Waals surface area contributed by atoms with Crippen molar-refractivity contribution in [2.75, 3.05) is 38.5 Å². The molecule has 1 aliphatic heterocycles. The van der Waals surface area contributed by atoms with Gasteiger partial charge in [0.15, 0.2) is 0 Å². The van der Waals surface area contributed by atoms with E-state index in [0.717, 1.165) is 37.4 Å². The molecule has 0 aromatic carbocycles. The lowest BCUT2D eigenvalue weighted by Gasteiger charge is -2.36. The number of fused-ring (bicyclic) bond motifs is 2. The zero-order valence-corrected chi connectivity index (χ0v) is 12.5. The summed E-state index contributed by atoms with van der Waals surface area (Å²) in [5, 5.41) is 0. The third-order valence-corrected chi connectivity index (χ3v) is 6.88. The van der Waals surface area contributed by atoms with Gasteiger partial charge in [-0.25, -0.2) is 8.42 Å². The number of sulfonamides is 1. The highest BCUT2D eigenvalue weighted by Crippen LogP contribution is 2.43. The van der Waals surface area contributed by atoms with E-state index in [1.54, 1.807) is 11.2 Å². The molecule has 3 atom stereocenters. The van der Waals surface area contributed by atoms with E-state index in [9.17, 15) is 8.42 Å². The summed E-state index contributed by atoms with van der Waals surface area (Å²) < 4.78 is 25.3. The molecule has 0 amide bonds. The highest BCUT2D eigenvalue weighted by molar-refractivity contribution is 7.89. The Balaban J connectivity index is 1.50. The summed E-state index contributed by atoms with van der Waals surface area (Å²) in [5.41, 5.74) is 0. The second-order valence-corrected chi connectivity index (χ2v) is 8.40. The van der Waals surface area contributed by atoms with Crippen molar-refractivity contribution in [1.82, 2.24) is 9.21 Å². The molecule has 19 heavy (non-hydrogen) atoms. The molecular weight excluding hydrogens is 260 g/mol. The summed E-state index contributed by atoms with van der Waals surface area (Å²) in [6.07, 6.45) is 7.48. The van der Waals surface area contributed by atoms with Crippen molar-refractivity contribution in [3.63, 3.8) is 0 Å². The Labute approximate surface area is 116 Å². The van der Waals surface area contributed by atoms with Crippen LogP contribution in [-0.4, -0.2) is 56.1 Å². The molecule has 4 nitrogen and oxygen atoms in total. The summed E-state index contributed by atoms with van der Waals surface area (Å²) in [7, 11) is -2.98. The van der Waals surface area contributed by atoms with Crippen molar-refractivity contribution < 1.29 is 8.42 Å². The first-order valence-corrected chi connectivity index (χ1v) is 9.08. The van der Waals surface area contributed by atoms with Crippen molar-refractivity contribution in [3.8, 4) is 0 Å². The Hall–Kier alpha value is -0.390. The van der Waals surface area contributed by atoms with Crippen LogP contribution in [0.2, 0.25) is 0 Å². The molecule has 0 aromatic heterocycles. The quantitative estimate of drug-likeness (QED) is 0.728.